The van der Waals surface area contributed by atoms with Crippen LogP contribution in [0.3, 0.4) is 0 Å². The second kappa shape index (κ2) is 11.1. The number of benzene rings is 4. The summed E-state index contributed by atoms with van der Waals surface area (Å²) in [6.07, 6.45) is 7.19. The first-order valence-corrected chi connectivity index (χ1v) is 19.2. The molecule has 4 aromatic carbocycles. The molecule has 0 aliphatic heterocycles. The molecule has 0 aromatic heterocycles. The molecule has 2 aliphatic carbocycles. The van der Waals surface area contributed by atoms with Gasteiger partial charge in [0, 0.05) is 0 Å². The van der Waals surface area contributed by atoms with E-state index in [-0.39, 0.29) is 10.8 Å². The van der Waals surface area contributed by atoms with Gasteiger partial charge in [0.1, 0.15) is 0 Å². The summed E-state index contributed by atoms with van der Waals surface area (Å²) in [5, 5.41) is 0. The Balaban J connectivity index is 1.55. The Morgan fingerprint density at radius 2 is 1.22 bits per heavy atom. The molecular weight excluding hydrogens is 572 g/mol. The number of fused-ring (bicyclic) bond motifs is 3. The molecule has 0 bridgehead atoms. The molecule has 0 saturated carbocycles. The van der Waals surface area contributed by atoms with Crippen molar-refractivity contribution in [1.82, 2.24) is 0 Å². The molecule has 0 unspecified atom stereocenters. The van der Waals surface area contributed by atoms with Crippen molar-refractivity contribution in [3.05, 3.63) is 146 Å². The third-order valence-electron chi connectivity index (χ3n) is 8.81. The van der Waals surface area contributed by atoms with Gasteiger partial charge in [-0.1, -0.05) is 0 Å². The zero-order valence-corrected chi connectivity index (χ0v) is 27.9. The number of hydrogen-bond donors (Lipinski definition) is 0. The zero-order valence-electron chi connectivity index (χ0n) is 25.5. The minimum absolute atomic E-state index is 0.122. The summed E-state index contributed by atoms with van der Waals surface area (Å²) < 4.78 is 5.02. The van der Waals surface area contributed by atoms with Crippen molar-refractivity contribution >= 4 is 9.28 Å². The topological polar surface area (TPSA) is 0 Å². The number of rotatable bonds is 5. The van der Waals surface area contributed by atoms with Gasteiger partial charge >= 0.3 is 256 Å². The van der Waals surface area contributed by atoms with E-state index in [0.717, 1.165) is 12.8 Å². The second-order valence-electron chi connectivity index (χ2n) is 13.8. The number of allylic oxidation sites excluding steroid dienone is 4. The molecule has 0 saturated heterocycles. The number of hydrogen-bond acceptors (Lipinski definition) is 0. The van der Waals surface area contributed by atoms with Crippen molar-refractivity contribution in [2.24, 2.45) is 0 Å². The van der Waals surface area contributed by atoms with Crippen LogP contribution in [-0.4, -0.2) is 3.71 Å². The van der Waals surface area contributed by atoms with Crippen molar-refractivity contribution in [2.75, 3.05) is 0 Å². The van der Waals surface area contributed by atoms with Crippen molar-refractivity contribution in [2.45, 2.75) is 68.8 Å². The first-order valence-electron chi connectivity index (χ1n) is 15.1. The molecule has 0 nitrogen and oxygen atoms in total. The normalized spacial score (nSPS) is 15.4. The third-order valence-corrected chi connectivity index (χ3v) is 16.1. The molecule has 0 N–H and O–H groups in total. The van der Waals surface area contributed by atoms with Gasteiger partial charge in [-0.05, 0) is 0 Å². The van der Waals surface area contributed by atoms with Gasteiger partial charge in [-0.15, -0.1) is 0 Å². The predicted molar refractivity (Wildman–Crippen MR) is 174 cm³/mol. The van der Waals surface area contributed by atoms with Gasteiger partial charge in [0.15, 0.2) is 0 Å². The first-order chi connectivity index (χ1) is 19.6. The molecule has 41 heavy (non-hydrogen) atoms. The van der Waals surface area contributed by atoms with Crippen LogP contribution in [0.2, 0.25) is 0 Å². The molecule has 206 valence electrons. The quantitative estimate of drug-likeness (QED) is 0.210. The Labute approximate surface area is 255 Å². The second-order valence-corrected chi connectivity index (χ2v) is 20.0. The van der Waals surface area contributed by atoms with Crippen molar-refractivity contribution in [1.29, 1.82) is 0 Å². The standard InChI is InChI=1S/C21H25.C11H9.C8H8.Zr/c1-20(2,3)16-7-9-18-14(12-16)11-15-13-17(21(4,5)6)8-10-19(15)18;1-2-6-10(7-3-1)11-8-4-5-9-11;1-2-8-6-4-3-5-7-8;/h7-13H,1-6H3;1-3,6-9H,4H2;1,3-7H,2H2;. The van der Waals surface area contributed by atoms with Gasteiger partial charge in [0.2, 0.25) is 0 Å². The van der Waals surface area contributed by atoms with E-state index in [0.29, 0.717) is 3.63 Å². The maximum absolute atomic E-state index is 2.81. The monoisotopic (exact) mass is 612 g/mol. The Kier molecular flexibility index (Phi) is 7.63. The summed E-state index contributed by atoms with van der Waals surface area (Å²) in [5.74, 6) is 0. The summed E-state index contributed by atoms with van der Waals surface area (Å²) in [6.45, 7) is 14.1. The Bertz CT molecular complexity index is 1610. The fourth-order valence-corrected chi connectivity index (χ4v) is 14.1. The Morgan fingerprint density at radius 3 is 1.76 bits per heavy atom. The fraction of sp³-hybridized carbons (Fsp3) is 0.275. The van der Waals surface area contributed by atoms with E-state index in [9.17, 15) is 0 Å². The molecule has 0 spiro atoms. The van der Waals surface area contributed by atoms with E-state index < -0.39 is 21.3 Å². The summed E-state index contributed by atoms with van der Waals surface area (Å²) in [5.41, 5.74) is 13.4. The fourth-order valence-electron chi connectivity index (χ4n) is 6.36. The van der Waals surface area contributed by atoms with Crippen LogP contribution >= 0.6 is 0 Å². The summed E-state index contributed by atoms with van der Waals surface area (Å²) >= 11 is -2.41. The first kappa shape index (κ1) is 28.2. The summed E-state index contributed by atoms with van der Waals surface area (Å²) in [6, 6.07) is 36.8. The molecule has 0 fully saturated rings. The van der Waals surface area contributed by atoms with Gasteiger partial charge in [-0.3, -0.25) is 0 Å². The summed E-state index contributed by atoms with van der Waals surface area (Å²) in [7, 11) is 0. The van der Waals surface area contributed by atoms with E-state index in [1.165, 1.54) is 39.0 Å². The van der Waals surface area contributed by atoms with Crippen LogP contribution < -0.4 is 0 Å². The van der Waals surface area contributed by atoms with E-state index >= 15 is 0 Å². The molecule has 0 amide bonds. The minimum atomic E-state index is -2.41. The zero-order chi connectivity index (χ0) is 28.8. The molecule has 2 aliphatic rings. The van der Waals surface area contributed by atoms with Crippen LogP contribution in [0.5, 0.6) is 0 Å². The van der Waals surface area contributed by atoms with E-state index in [1.807, 2.05) is 0 Å². The van der Waals surface area contributed by atoms with Crippen LogP contribution in [0.4, 0.5) is 0 Å². The molecule has 1 heteroatoms. The average molecular weight is 614 g/mol. The molecule has 0 radical (unpaired) electrons. The Hall–Kier alpha value is -2.89. The van der Waals surface area contributed by atoms with Gasteiger partial charge < -0.3 is 0 Å². The van der Waals surface area contributed by atoms with Crippen LogP contribution in [0, 0.1) is 0 Å². The van der Waals surface area contributed by atoms with Gasteiger partial charge in [-0.2, -0.15) is 0 Å². The van der Waals surface area contributed by atoms with Crippen LogP contribution in [0.1, 0.15) is 85.0 Å². The van der Waals surface area contributed by atoms with E-state index in [1.54, 1.807) is 14.4 Å². The van der Waals surface area contributed by atoms with Gasteiger partial charge in [-0.25, -0.2) is 0 Å². The van der Waals surface area contributed by atoms with Crippen LogP contribution in [0.25, 0.3) is 16.7 Å². The van der Waals surface area contributed by atoms with E-state index in [2.05, 4.69) is 154 Å². The molecule has 0 heterocycles. The predicted octanol–water partition coefficient (Wildman–Crippen LogP) is 10.4. The van der Waals surface area contributed by atoms with E-state index in [4.69, 9.17) is 0 Å². The molecule has 0 atom stereocenters. The van der Waals surface area contributed by atoms with Crippen molar-refractivity contribution < 1.29 is 21.3 Å². The maximum atomic E-state index is 2.81. The van der Waals surface area contributed by atoms with Crippen LogP contribution in [-0.2, 0) is 38.5 Å². The molecule has 4 aromatic rings. The summed E-state index contributed by atoms with van der Waals surface area (Å²) in [4.78, 5) is 0. The average Bonchev–Trinajstić information content (AvgIpc) is 3.57. The molecule has 6 rings (SSSR count). The van der Waals surface area contributed by atoms with Gasteiger partial charge in [0.05, 0.1) is 0 Å². The SMILES string of the molecule is CC(C)(C)c1ccc2c(c1)[CH]([Zr](=[CH]Cc1ccccc1)[C]1=CC(c3ccccc3)=CC1)c1cc(C(C)(C)C)ccc1-2. The third kappa shape index (κ3) is 5.76. The van der Waals surface area contributed by atoms with Crippen molar-refractivity contribution in [3.63, 3.8) is 0 Å². The van der Waals surface area contributed by atoms with Crippen LogP contribution in [0.15, 0.2) is 112 Å². The molecular formula is C40H42Zr. The Morgan fingerprint density at radius 1 is 0.683 bits per heavy atom. The van der Waals surface area contributed by atoms with Crippen molar-refractivity contribution in [3.8, 4) is 11.1 Å². The van der Waals surface area contributed by atoms with Gasteiger partial charge in [0.25, 0.3) is 0 Å².